The summed E-state index contributed by atoms with van der Waals surface area (Å²) in [5.74, 6) is 1.88. The van der Waals surface area contributed by atoms with Crippen LogP contribution in [0.2, 0.25) is 0 Å². The molecule has 0 spiro atoms. The molecule has 0 saturated heterocycles. The van der Waals surface area contributed by atoms with Crippen molar-refractivity contribution in [2.75, 3.05) is 13.7 Å². The summed E-state index contributed by atoms with van der Waals surface area (Å²) < 4.78 is 11.4. The molecule has 0 atom stereocenters. The molecule has 23 heavy (non-hydrogen) atoms. The molecule has 0 aliphatic heterocycles. The Morgan fingerprint density at radius 2 is 1.57 bits per heavy atom. The van der Waals surface area contributed by atoms with Gasteiger partial charge in [0.25, 0.3) is 0 Å². The minimum atomic E-state index is 0.797. The zero-order chi connectivity index (χ0) is 16.9. The maximum Gasteiger partial charge on any atom is 0.127 e. The topological polar surface area (TPSA) is 18.5 Å². The van der Waals surface area contributed by atoms with Crippen LogP contribution < -0.4 is 9.47 Å². The van der Waals surface area contributed by atoms with Crippen LogP contribution in [-0.2, 0) is 0 Å². The highest BCUT2D eigenvalue weighted by atomic mass is 16.5. The van der Waals surface area contributed by atoms with Gasteiger partial charge in [0, 0.05) is 5.56 Å². The Hall–Kier alpha value is -1.44. The van der Waals surface area contributed by atoms with E-state index in [4.69, 9.17) is 9.47 Å². The highest BCUT2D eigenvalue weighted by Gasteiger charge is 2.07. The van der Waals surface area contributed by atoms with Crippen LogP contribution in [0.4, 0.5) is 0 Å². The molecule has 1 aromatic carbocycles. The molecule has 0 aliphatic carbocycles. The van der Waals surface area contributed by atoms with Crippen molar-refractivity contribution >= 4 is 6.08 Å². The number of rotatable bonds is 12. The van der Waals surface area contributed by atoms with Crippen LogP contribution in [-0.4, -0.2) is 13.7 Å². The molecular formula is C21H34O2. The highest BCUT2D eigenvalue weighted by Crippen LogP contribution is 2.29. The van der Waals surface area contributed by atoms with Crippen LogP contribution >= 0.6 is 0 Å². The van der Waals surface area contributed by atoms with E-state index in [0.717, 1.165) is 35.7 Å². The fourth-order valence-electron chi connectivity index (χ4n) is 2.75. The van der Waals surface area contributed by atoms with E-state index in [2.05, 4.69) is 32.1 Å². The first-order chi connectivity index (χ1) is 11.2. The van der Waals surface area contributed by atoms with Gasteiger partial charge in [0.05, 0.1) is 13.7 Å². The average molecular weight is 319 g/mol. The molecule has 130 valence electrons. The molecule has 0 saturated carbocycles. The Bertz CT molecular complexity index is 463. The first-order valence-electron chi connectivity index (χ1n) is 9.17. The van der Waals surface area contributed by atoms with Crippen molar-refractivity contribution < 1.29 is 9.47 Å². The van der Waals surface area contributed by atoms with Gasteiger partial charge < -0.3 is 9.47 Å². The number of methoxy groups -OCH3 is 1. The van der Waals surface area contributed by atoms with Gasteiger partial charge in [-0.3, -0.25) is 0 Å². The average Bonchev–Trinajstić information content (AvgIpc) is 2.55. The van der Waals surface area contributed by atoms with Gasteiger partial charge in [0.2, 0.25) is 0 Å². The van der Waals surface area contributed by atoms with E-state index in [0.29, 0.717) is 0 Å². The second-order valence-electron chi connectivity index (χ2n) is 6.18. The van der Waals surface area contributed by atoms with Crippen molar-refractivity contribution in [3.8, 4) is 11.5 Å². The molecule has 0 N–H and O–H groups in total. The van der Waals surface area contributed by atoms with Crippen LogP contribution in [0, 0.1) is 6.92 Å². The standard InChI is InChI=1S/C21H34O2/c1-5-7-8-9-10-11-12-13-15-23-21-16-18(3)20(22-4)17-19(21)14-6-2/h6,14,16-17H,5,7-13,15H2,1-4H3/b14-6+. The van der Waals surface area contributed by atoms with Crippen LogP contribution in [0.1, 0.15) is 76.3 Å². The van der Waals surface area contributed by atoms with Crippen molar-refractivity contribution in [2.24, 2.45) is 0 Å². The number of ether oxygens (including phenoxy) is 2. The summed E-state index contributed by atoms with van der Waals surface area (Å²) >= 11 is 0. The first kappa shape index (κ1) is 19.6. The molecule has 2 nitrogen and oxygen atoms in total. The number of allylic oxidation sites excluding steroid dienone is 1. The third-order valence-corrected chi connectivity index (χ3v) is 4.13. The second-order valence-corrected chi connectivity index (χ2v) is 6.18. The summed E-state index contributed by atoms with van der Waals surface area (Å²) in [7, 11) is 1.71. The summed E-state index contributed by atoms with van der Waals surface area (Å²) in [4.78, 5) is 0. The number of benzene rings is 1. The molecule has 0 radical (unpaired) electrons. The van der Waals surface area contributed by atoms with Gasteiger partial charge in [-0.05, 0) is 38.0 Å². The smallest absolute Gasteiger partial charge is 0.127 e. The van der Waals surface area contributed by atoms with E-state index in [-0.39, 0.29) is 0 Å². The van der Waals surface area contributed by atoms with Gasteiger partial charge in [-0.15, -0.1) is 0 Å². The van der Waals surface area contributed by atoms with Gasteiger partial charge in [-0.2, -0.15) is 0 Å². The molecule has 0 amide bonds. The Kier molecular flexibility index (Phi) is 10.3. The van der Waals surface area contributed by atoms with Gasteiger partial charge >= 0.3 is 0 Å². The van der Waals surface area contributed by atoms with E-state index in [9.17, 15) is 0 Å². The lowest BCUT2D eigenvalue weighted by Crippen LogP contribution is -2.00. The van der Waals surface area contributed by atoms with Gasteiger partial charge in [0.1, 0.15) is 11.5 Å². The predicted octanol–water partition coefficient (Wildman–Crippen LogP) is 6.56. The Labute approximate surface area is 142 Å². The summed E-state index contributed by atoms with van der Waals surface area (Å²) in [5, 5.41) is 0. The predicted molar refractivity (Wildman–Crippen MR) is 101 cm³/mol. The Balaban J connectivity index is 2.35. The van der Waals surface area contributed by atoms with Crippen molar-refractivity contribution in [2.45, 2.75) is 72.1 Å². The second kappa shape index (κ2) is 12.0. The van der Waals surface area contributed by atoms with Crippen molar-refractivity contribution in [1.29, 1.82) is 0 Å². The maximum atomic E-state index is 6.01. The zero-order valence-corrected chi connectivity index (χ0v) is 15.5. The van der Waals surface area contributed by atoms with Crippen molar-refractivity contribution in [1.82, 2.24) is 0 Å². The zero-order valence-electron chi connectivity index (χ0n) is 15.5. The van der Waals surface area contributed by atoms with Crippen molar-refractivity contribution in [3.05, 3.63) is 29.3 Å². The largest absolute Gasteiger partial charge is 0.496 e. The third-order valence-electron chi connectivity index (χ3n) is 4.13. The molecule has 0 heterocycles. The first-order valence-corrected chi connectivity index (χ1v) is 9.17. The number of unbranched alkanes of at least 4 members (excludes halogenated alkanes) is 7. The lowest BCUT2D eigenvalue weighted by atomic mass is 10.1. The molecular weight excluding hydrogens is 284 g/mol. The molecule has 0 bridgehead atoms. The Morgan fingerprint density at radius 1 is 0.913 bits per heavy atom. The van der Waals surface area contributed by atoms with Crippen molar-refractivity contribution in [3.63, 3.8) is 0 Å². The number of hydrogen-bond acceptors (Lipinski definition) is 2. The lowest BCUT2D eigenvalue weighted by Gasteiger charge is -2.13. The maximum absolute atomic E-state index is 6.01. The molecule has 0 unspecified atom stereocenters. The van der Waals surface area contributed by atoms with E-state index < -0.39 is 0 Å². The van der Waals surface area contributed by atoms with Crippen LogP contribution in [0.5, 0.6) is 11.5 Å². The van der Waals surface area contributed by atoms with Gasteiger partial charge in [0.15, 0.2) is 0 Å². The van der Waals surface area contributed by atoms with E-state index in [1.807, 2.05) is 13.0 Å². The third kappa shape index (κ3) is 7.58. The summed E-state index contributed by atoms with van der Waals surface area (Å²) in [6.07, 6.45) is 14.7. The Morgan fingerprint density at radius 3 is 2.17 bits per heavy atom. The minimum Gasteiger partial charge on any atom is -0.496 e. The van der Waals surface area contributed by atoms with Crippen LogP contribution in [0.15, 0.2) is 18.2 Å². The number of aryl methyl sites for hydroxylation is 1. The van der Waals surface area contributed by atoms with Crippen LogP contribution in [0.25, 0.3) is 6.08 Å². The molecule has 2 heteroatoms. The molecule has 0 aliphatic rings. The molecule has 1 rings (SSSR count). The van der Waals surface area contributed by atoms with Gasteiger partial charge in [-0.25, -0.2) is 0 Å². The fourth-order valence-corrected chi connectivity index (χ4v) is 2.75. The molecule has 0 aromatic heterocycles. The lowest BCUT2D eigenvalue weighted by molar-refractivity contribution is 0.302. The summed E-state index contributed by atoms with van der Waals surface area (Å²) in [6, 6.07) is 4.14. The van der Waals surface area contributed by atoms with E-state index >= 15 is 0 Å². The fraction of sp³-hybridized carbons (Fsp3) is 0.619. The summed E-state index contributed by atoms with van der Waals surface area (Å²) in [5.41, 5.74) is 2.21. The van der Waals surface area contributed by atoms with Crippen LogP contribution in [0.3, 0.4) is 0 Å². The number of hydrogen-bond donors (Lipinski definition) is 0. The quantitative estimate of drug-likeness (QED) is 0.406. The molecule has 1 aromatic rings. The van der Waals surface area contributed by atoms with E-state index in [1.54, 1.807) is 7.11 Å². The van der Waals surface area contributed by atoms with E-state index in [1.165, 1.54) is 44.9 Å². The highest BCUT2D eigenvalue weighted by molar-refractivity contribution is 5.61. The summed E-state index contributed by atoms with van der Waals surface area (Å²) in [6.45, 7) is 7.14. The minimum absolute atomic E-state index is 0.797. The SMILES string of the molecule is C/C=C/c1cc(OC)c(C)cc1OCCCCCCCCCC. The normalized spacial score (nSPS) is 11.1. The monoisotopic (exact) mass is 318 g/mol. The van der Waals surface area contributed by atoms with Gasteiger partial charge in [-0.1, -0.05) is 64.0 Å². The molecule has 0 fully saturated rings.